The van der Waals surface area contributed by atoms with Crippen LogP contribution in [0.3, 0.4) is 0 Å². The number of aromatic hydroxyl groups is 2. The smallest absolute Gasteiger partial charge is 0.176 e. The molecule has 0 radical (unpaired) electrons. The zero-order valence-corrected chi connectivity index (χ0v) is 12.7. The molecule has 0 bridgehead atoms. The summed E-state index contributed by atoms with van der Waals surface area (Å²) in [6.45, 7) is 1.82. The van der Waals surface area contributed by atoms with Crippen LogP contribution in [0.25, 0.3) is 11.3 Å². The normalized spacial score (nSPS) is 10.5. The Kier molecular flexibility index (Phi) is 3.80. The van der Waals surface area contributed by atoms with Crippen molar-refractivity contribution in [1.82, 2.24) is 10.2 Å². The van der Waals surface area contributed by atoms with Gasteiger partial charge in [-0.3, -0.25) is 5.10 Å². The molecule has 1 aromatic heterocycles. The molecule has 0 amide bonds. The van der Waals surface area contributed by atoms with E-state index in [1.165, 1.54) is 12.1 Å². The predicted molar refractivity (Wildman–Crippen MR) is 85.2 cm³/mol. The SMILES string of the molecule is COc1ccccc1Oc1c(-c2ccc(O)cc2O)n[nH]c1C. The molecule has 2 aromatic carbocycles. The van der Waals surface area contributed by atoms with Crippen molar-refractivity contribution in [1.29, 1.82) is 0 Å². The molecule has 0 fully saturated rings. The summed E-state index contributed by atoms with van der Waals surface area (Å²) < 4.78 is 11.2. The Morgan fingerprint density at radius 2 is 1.78 bits per heavy atom. The van der Waals surface area contributed by atoms with Crippen LogP contribution in [0.1, 0.15) is 5.69 Å². The highest BCUT2D eigenvalue weighted by Crippen LogP contribution is 2.41. The van der Waals surface area contributed by atoms with Crippen molar-refractivity contribution < 1.29 is 19.7 Å². The Morgan fingerprint density at radius 1 is 1.04 bits per heavy atom. The number of phenolic OH excluding ortho intramolecular Hbond substituents is 2. The number of nitrogens with zero attached hydrogens (tertiary/aromatic N) is 1. The maximum atomic E-state index is 10.1. The molecule has 0 unspecified atom stereocenters. The number of hydrogen-bond acceptors (Lipinski definition) is 5. The number of aromatic amines is 1. The van der Waals surface area contributed by atoms with Crippen LogP contribution in [0.5, 0.6) is 28.7 Å². The molecule has 6 heteroatoms. The number of ether oxygens (including phenoxy) is 2. The quantitative estimate of drug-likeness (QED) is 0.685. The summed E-state index contributed by atoms with van der Waals surface area (Å²) >= 11 is 0. The minimum Gasteiger partial charge on any atom is -0.508 e. The lowest BCUT2D eigenvalue weighted by atomic mass is 10.1. The molecular formula is C17H16N2O4. The maximum absolute atomic E-state index is 10.1. The number of hydrogen-bond donors (Lipinski definition) is 3. The number of aryl methyl sites for hydroxylation is 1. The summed E-state index contributed by atoms with van der Waals surface area (Å²) in [5, 5.41) is 26.5. The van der Waals surface area contributed by atoms with Gasteiger partial charge in [0.25, 0.3) is 0 Å². The Labute approximate surface area is 132 Å². The number of phenols is 2. The largest absolute Gasteiger partial charge is 0.508 e. The molecule has 118 valence electrons. The van der Waals surface area contributed by atoms with Crippen LogP contribution in [-0.2, 0) is 0 Å². The van der Waals surface area contributed by atoms with Gasteiger partial charge in [-0.05, 0) is 31.2 Å². The third-order valence-corrected chi connectivity index (χ3v) is 3.41. The van der Waals surface area contributed by atoms with Gasteiger partial charge in [-0.15, -0.1) is 0 Å². The molecule has 0 saturated carbocycles. The monoisotopic (exact) mass is 312 g/mol. The fraction of sp³-hybridized carbons (Fsp3) is 0.118. The van der Waals surface area contributed by atoms with E-state index in [0.717, 1.165) is 0 Å². The molecular weight excluding hydrogens is 296 g/mol. The number of methoxy groups -OCH3 is 1. The molecule has 0 aliphatic heterocycles. The molecule has 6 nitrogen and oxygen atoms in total. The molecule has 3 rings (SSSR count). The molecule has 0 saturated heterocycles. The van der Waals surface area contributed by atoms with Crippen molar-refractivity contribution in [2.75, 3.05) is 7.11 Å². The highest BCUT2D eigenvalue weighted by Gasteiger charge is 2.19. The lowest BCUT2D eigenvalue weighted by molar-refractivity contribution is 0.378. The molecule has 0 spiro atoms. The number of para-hydroxylation sites is 2. The number of aromatic nitrogens is 2. The molecule has 23 heavy (non-hydrogen) atoms. The standard InChI is InChI=1S/C17H16N2O4/c1-10-17(23-15-6-4-3-5-14(15)22-2)16(19-18-10)12-8-7-11(20)9-13(12)21/h3-9,20-21H,1-2H3,(H,18,19). The lowest BCUT2D eigenvalue weighted by Gasteiger charge is -2.11. The average Bonchev–Trinajstić information content (AvgIpc) is 2.89. The molecule has 0 aliphatic rings. The van der Waals surface area contributed by atoms with E-state index in [0.29, 0.717) is 34.2 Å². The van der Waals surface area contributed by atoms with Crippen LogP contribution in [0, 0.1) is 6.92 Å². The number of benzene rings is 2. The van der Waals surface area contributed by atoms with E-state index >= 15 is 0 Å². The third-order valence-electron chi connectivity index (χ3n) is 3.41. The number of nitrogens with one attached hydrogen (secondary N) is 1. The molecule has 0 atom stereocenters. The van der Waals surface area contributed by atoms with Gasteiger partial charge in [-0.1, -0.05) is 12.1 Å². The predicted octanol–water partition coefficient (Wildman–Crippen LogP) is 3.60. The van der Waals surface area contributed by atoms with Crippen LogP contribution in [0.4, 0.5) is 0 Å². The van der Waals surface area contributed by atoms with Gasteiger partial charge in [0.2, 0.25) is 0 Å². The van der Waals surface area contributed by atoms with Gasteiger partial charge >= 0.3 is 0 Å². The summed E-state index contributed by atoms with van der Waals surface area (Å²) in [4.78, 5) is 0. The third kappa shape index (κ3) is 2.78. The molecule has 0 aliphatic carbocycles. The Morgan fingerprint density at radius 3 is 2.48 bits per heavy atom. The average molecular weight is 312 g/mol. The van der Waals surface area contributed by atoms with Crippen molar-refractivity contribution >= 4 is 0 Å². The summed E-state index contributed by atoms with van der Waals surface area (Å²) in [7, 11) is 1.57. The molecule has 3 N–H and O–H groups in total. The summed E-state index contributed by atoms with van der Waals surface area (Å²) in [6, 6.07) is 11.6. The van der Waals surface area contributed by atoms with Crippen LogP contribution in [-0.4, -0.2) is 27.5 Å². The van der Waals surface area contributed by atoms with Crippen molar-refractivity contribution in [3.63, 3.8) is 0 Å². The van der Waals surface area contributed by atoms with Crippen LogP contribution >= 0.6 is 0 Å². The topological polar surface area (TPSA) is 87.6 Å². The van der Waals surface area contributed by atoms with Crippen LogP contribution in [0.15, 0.2) is 42.5 Å². The summed E-state index contributed by atoms with van der Waals surface area (Å²) in [5.74, 6) is 1.51. The van der Waals surface area contributed by atoms with Gasteiger partial charge in [0, 0.05) is 11.6 Å². The van der Waals surface area contributed by atoms with E-state index in [2.05, 4.69) is 10.2 Å². The summed E-state index contributed by atoms with van der Waals surface area (Å²) in [6.07, 6.45) is 0. The molecule has 3 aromatic rings. The second-order valence-corrected chi connectivity index (χ2v) is 4.98. The second-order valence-electron chi connectivity index (χ2n) is 4.98. The first kappa shape index (κ1) is 14.8. The van der Waals surface area contributed by atoms with E-state index in [1.54, 1.807) is 25.3 Å². The number of rotatable bonds is 4. The van der Waals surface area contributed by atoms with Gasteiger partial charge in [0.1, 0.15) is 17.2 Å². The van der Waals surface area contributed by atoms with E-state index in [1.807, 2.05) is 19.1 Å². The van der Waals surface area contributed by atoms with E-state index in [4.69, 9.17) is 9.47 Å². The zero-order valence-electron chi connectivity index (χ0n) is 12.7. The first-order chi connectivity index (χ1) is 11.1. The maximum Gasteiger partial charge on any atom is 0.176 e. The second kappa shape index (κ2) is 5.92. The molecule has 1 heterocycles. The highest BCUT2D eigenvalue weighted by atomic mass is 16.5. The van der Waals surface area contributed by atoms with Crippen molar-refractivity contribution in [3.8, 4) is 40.0 Å². The Hall–Kier alpha value is -3.15. The summed E-state index contributed by atoms with van der Waals surface area (Å²) in [5.41, 5.74) is 1.61. The van der Waals surface area contributed by atoms with E-state index in [9.17, 15) is 10.2 Å². The first-order valence-corrected chi connectivity index (χ1v) is 6.98. The van der Waals surface area contributed by atoms with Gasteiger partial charge in [-0.25, -0.2) is 0 Å². The van der Waals surface area contributed by atoms with Gasteiger partial charge < -0.3 is 19.7 Å². The minimum atomic E-state index is -0.0821. The van der Waals surface area contributed by atoms with Gasteiger partial charge in [0.15, 0.2) is 17.2 Å². The van der Waals surface area contributed by atoms with Gasteiger partial charge in [0.05, 0.1) is 12.8 Å². The van der Waals surface area contributed by atoms with E-state index < -0.39 is 0 Å². The fourth-order valence-corrected chi connectivity index (χ4v) is 2.26. The Bertz CT molecular complexity index is 842. The van der Waals surface area contributed by atoms with Gasteiger partial charge in [-0.2, -0.15) is 5.10 Å². The van der Waals surface area contributed by atoms with Crippen LogP contribution < -0.4 is 9.47 Å². The Balaban J connectivity index is 2.06. The number of H-pyrrole nitrogens is 1. The zero-order chi connectivity index (χ0) is 16.4. The van der Waals surface area contributed by atoms with E-state index in [-0.39, 0.29) is 11.5 Å². The van der Waals surface area contributed by atoms with Crippen molar-refractivity contribution in [2.24, 2.45) is 0 Å². The van der Waals surface area contributed by atoms with Crippen molar-refractivity contribution in [3.05, 3.63) is 48.2 Å². The lowest BCUT2D eigenvalue weighted by Crippen LogP contribution is -1.92. The van der Waals surface area contributed by atoms with Crippen LogP contribution in [0.2, 0.25) is 0 Å². The first-order valence-electron chi connectivity index (χ1n) is 6.98. The van der Waals surface area contributed by atoms with Crippen molar-refractivity contribution in [2.45, 2.75) is 6.92 Å². The fourth-order valence-electron chi connectivity index (χ4n) is 2.26. The minimum absolute atomic E-state index is 0.0225. The highest BCUT2D eigenvalue weighted by molar-refractivity contribution is 5.74.